The molecule has 5 nitrogen and oxygen atoms in total. The van der Waals surface area contributed by atoms with E-state index in [4.69, 9.17) is 0 Å². The number of nitrogens with one attached hydrogen (secondary N) is 2. The Balaban J connectivity index is 1.86. The van der Waals surface area contributed by atoms with Crippen LogP contribution in [0.1, 0.15) is 12.1 Å². The number of hydrogen-bond donors (Lipinski definition) is 2. The average Bonchev–Trinajstić information content (AvgIpc) is 2.89. The Hall–Kier alpha value is -2.61. The first-order chi connectivity index (χ1) is 12.3. The molecule has 1 aromatic rings. The number of rotatable bonds is 2. The van der Waals surface area contributed by atoms with Crippen LogP contribution in [0.3, 0.4) is 0 Å². The number of ketones is 1. The molecule has 1 saturated heterocycles. The molecule has 0 aromatic carbocycles. The fraction of sp³-hybridized carbons (Fsp3) is 0.333. The molecular formula is C18H17F3N4O. The van der Waals surface area contributed by atoms with Gasteiger partial charge in [-0.25, -0.2) is 10.4 Å². The molecule has 1 aliphatic carbocycles. The molecule has 3 aliphatic rings. The summed E-state index contributed by atoms with van der Waals surface area (Å²) in [6.07, 6.45) is 2.41. The quantitative estimate of drug-likeness (QED) is 0.847. The number of hydrogen-bond acceptors (Lipinski definition) is 5. The van der Waals surface area contributed by atoms with E-state index in [-0.39, 0.29) is 5.78 Å². The van der Waals surface area contributed by atoms with Gasteiger partial charge in [0.25, 0.3) is 0 Å². The Kier molecular flexibility index (Phi) is 3.69. The van der Waals surface area contributed by atoms with Crippen LogP contribution in [-0.4, -0.2) is 29.0 Å². The van der Waals surface area contributed by atoms with Crippen LogP contribution in [0.15, 0.2) is 54.4 Å². The summed E-state index contributed by atoms with van der Waals surface area (Å²) in [6.45, 7) is 1.80. The van der Waals surface area contributed by atoms with Gasteiger partial charge >= 0.3 is 6.18 Å². The van der Waals surface area contributed by atoms with Gasteiger partial charge in [0.2, 0.25) is 0 Å². The third-order valence-corrected chi connectivity index (χ3v) is 5.00. The van der Waals surface area contributed by atoms with E-state index >= 15 is 0 Å². The summed E-state index contributed by atoms with van der Waals surface area (Å²) in [5, 5.41) is 4.54. The van der Waals surface area contributed by atoms with Gasteiger partial charge in [-0.15, -0.1) is 0 Å². The van der Waals surface area contributed by atoms with Crippen molar-refractivity contribution in [3.8, 4) is 0 Å². The number of anilines is 1. The number of alkyl halides is 3. The van der Waals surface area contributed by atoms with Crippen LogP contribution in [0.25, 0.3) is 0 Å². The van der Waals surface area contributed by atoms with E-state index in [9.17, 15) is 18.0 Å². The van der Waals surface area contributed by atoms with Crippen LogP contribution in [0, 0.1) is 12.3 Å². The van der Waals surface area contributed by atoms with Crippen LogP contribution in [-0.2, 0) is 4.79 Å². The zero-order chi connectivity index (χ0) is 18.5. The Labute approximate surface area is 148 Å². The van der Waals surface area contributed by atoms with Crippen molar-refractivity contribution in [2.24, 2.45) is 5.41 Å². The minimum Gasteiger partial charge on any atom is -0.383 e. The molecule has 0 radical (unpaired) electrons. The second-order valence-electron chi connectivity index (χ2n) is 6.62. The van der Waals surface area contributed by atoms with E-state index in [1.807, 2.05) is 0 Å². The summed E-state index contributed by atoms with van der Waals surface area (Å²) in [7, 11) is 0. The van der Waals surface area contributed by atoms with E-state index < -0.39 is 30.1 Å². The second kappa shape index (κ2) is 5.70. The summed E-state index contributed by atoms with van der Waals surface area (Å²) >= 11 is 0. The highest BCUT2D eigenvalue weighted by molar-refractivity contribution is 6.01. The van der Waals surface area contributed by atoms with Gasteiger partial charge in [-0.05, 0) is 31.2 Å². The van der Waals surface area contributed by atoms with Crippen molar-refractivity contribution in [1.29, 1.82) is 0 Å². The Morgan fingerprint density at radius 2 is 2.15 bits per heavy atom. The Morgan fingerprint density at radius 3 is 2.88 bits per heavy atom. The largest absolute Gasteiger partial charge is 0.390 e. The van der Waals surface area contributed by atoms with Crippen LogP contribution in [0.2, 0.25) is 0 Å². The van der Waals surface area contributed by atoms with Crippen molar-refractivity contribution >= 4 is 11.6 Å². The first-order valence-electron chi connectivity index (χ1n) is 8.25. The van der Waals surface area contributed by atoms with Crippen LogP contribution >= 0.6 is 0 Å². The number of aromatic nitrogens is 1. The Morgan fingerprint density at radius 1 is 1.35 bits per heavy atom. The number of allylic oxidation sites excluding steroid dienone is 3. The number of aryl methyl sites for hydroxylation is 1. The van der Waals surface area contributed by atoms with Gasteiger partial charge < -0.3 is 5.32 Å². The maximum atomic E-state index is 13.3. The van der Waals surface area contributed by atoms with Gasteiger partial charge in [-0.3, -0.25) is 9.80 Å². The molecule has 8 heteroatoms. The van der Waals surface area contributed by atoms with Crippen molar-refractivity contribution in [1.82, 2.24) is 15.7 Å². The summed E-state index contributed by atoms with van der Waals surface area (Å²) in [4.78, 5) is 17.3. The van der Waals surface area contributed by atoms with E-state index in [2.05, 4.69) is 15.7 Å². The fourth-order valence-corrected chi connectivity index (χ4v) is 3.97. The van der Waals surface area contributed by atoms with E-state index in [0.717, 1.165) is 5.69 Å². The molecule has 1 spiro atoms. The molecule has 3 atom stereocenters. The van der Waals surface area contributed by atoms with Gasteiger partial charge in [0.1, 0.15) is 11.2 Å². The smallest absolute Gasteiger partial charge is 0.383 e. The summed E-state index contributed by atoms with van der Waals surface area (Å²) < 4.78 is 39.8. The maximum Gasteiger partial charge on any atom is 0.390 e. The molecule has 2 aliphatic heterocycles. The molecular weight excluding hydrogens is 345 g/mol. The Bertz CT molecular complexity index is 845. The first kappa shape index (κ1) is 16.8. The predicted octanol–water partition coefficient (Wildman–Crippen LogP) is 2.53. The van der Waals surface area contributed by atoms with Gasteiger partial charge in [0.05, 0.1) is 24.2 Å². The molecule has 0 saturated carbocycles. The molecule has 1 fully saturated rings. The zero-order valence-electron chi connectivity index (χ0n) is 13.9. The third-order valence-electron chi connectivity index (χ3n) is 5.00. The molecule has 3 heterocycles. The van der Waals surface area contributed by atoms with Crippen LogP contribution in [0.5, 0.6) is 0 Å². The SMILES string of the molecule is Cc1cccc(N2NC(CC(F)(F)F)C34C(=O)C=CNC3C=CC=C24)n1. The van der Waals surface area contributed by atoms with Gasteiger partial charge in [-0.2, -0.15) is 13.2 Å². The zero-order valence-corrected chi connectivity index (χ0v) is 13.9. The first-order valence-corrected chi connectivity index (χ1v) is 8.25. The molecule has 26 heavy (non-hydrogen) atoms. The van der Waals surface area contributed by atoms with Crippen LogP contribution < -0.4 is 15.8 Å². The average molecular weight is 362 g/mol. The van der Waals surface area contributed by atoms with Crippen molar-refractivity contribution in [2.75, 3.05) is 5.01 Å². The molecule has 136 valence electrons. The third kappa shape index (κ3) is 2.44. The fourth-order valence-electron chi connectivity index (χ4n) is 3.97. The highest BCUT2D eigenvalue weighted by Crippen LogP contribution is 2.50. The molecule has 0 bridgehead atoms. The van der Waals surface area contributed by atoms with Crippen molar-refractivity contribution in [2.45, 2.75) is 31.6 Å². The normalized spacial score (nSPS) is 29.9. The van der Waals surface area contributed by atoms with Crippen molar-refractivity contribution in [3.05, 3.63) is 60.1 Å². The molecule has 0 amide bonds. The van der Waals surface area contributed by atoms with Gasteiger partial charge in [0.15, 0.2) is 5.78 Å². The van der Waals surface area contributed by atoms with Gasteiger partial charge in [-0.1, -0.05) is 18.2 Å². The lowest BCUT2D eigenvalue weighted by molar-refractivity contribution is -0.148. The maximum absolute atomic E-state index is 13.3. The van der Waals surface area contributed by atoms with E-state index in [0.29, 0.717) is 11.5 Å². The predicted molar refractivity (Wildman–Crippen MR) is 89.8 cm³/mol. The minimum absolute atomic E-state index is 0.353. The lowest BCUT2D eigenvalue weighted by atomic mass is 9.65. The van der Waals surface area contributed by atoms with Crippen molar-refractivity contribution < 1.29 is 18.0 Å². The van der Waals surface area contributed by atoms with E-state index in [1.165, 1.54) is 17.3 Å². The molecule has 4 rings (SSSR count). The number of nitrogens with zero attached hydrogens (tertiary/aromatic N) is 2. The topological polar surface area (TPSA) is 57.3 Å². The lowest BCUT2D eigenvalue weighted by Crippen LogP contribution is -2.58. The number of pyridine rings is 1. The highest BCUT2D eigenvalue weighted by Gasteiger charge is 2.62. The van der Waals surface area contributed by atoms with Crippen molar-refractivity contribution in [3.63, 3.8) is 0 Å². The van der Waals surface area contributed by atoms with E-state index in [1.54, 1.807) is 43.4 Å². The highest BCUT2D eigenvalue weighted by atomic mass is 19.4. The lowest BCUT2D eigenvalue weighted by Gasteiger charge is -2.42. The summed E-state index contributed by atoms with van der Waals surface area (Å²) in [6, 6.07) is 3.58. The second-order valence-corrected chi connectivity index (χ2v) is 6.62. The molecule has 1 aromatic heterocycles. The molecule has 3 unspecified atom stereocenters. The number of halogens is 3. The summed E-state index contributed by atoms with van der Waals surface area (Å²) in [5.41, 5.74) is 2.73. The van der Waals surface area contributed by atoms with Gasteiger partial charge in [0, 0.05) is 11.9 Å². The monoisotopic (exact) mass is 362 g/mol. The van der Waals surface area contributed by atoms with Crippen LogP contribution in [0.4, 0.5) is 19.0 Å². The summed E-state index contributed by atoms with van der Waals surface area (Å²) in [5.74, 6) is 0.102. The minimum atomic E-state index is -4.42. The number of hydrazine groups is 1. The number of carbonyl (C=O) groups excluding carboxylic acids is 1. The molecule has 2 N–H and O–H groups in total. The standard InChI is InChI=1S/C18H17F3N4O/c1-11-4-2-7-16(23-11)25-14-6-3-5-12-18(14,15(26)8-9-22-12)13(24-25)10-17(19,20)21/h2-9,12-13,22,24H,10H2,1H3. The number of carbonyl (C=O) groups is 1.